The lowest BCUT2D eigenvalue weighted by Crippen LogP contribution is -2.03. The maximum absolute atomic E-state index is 4.52. The van der Waals surface area contributed by atoms with E-state index in [2.05, 4.69) is 32.5 Å². The Morgan fingerprint density at radius 3 is 2.64 bits per heavy atom. The van der Waals surface area contributed by atoms with E-state index < -0.39 is 0 Å². The SMILES string of the molecule is CCc1ccc(-c2nccn2CCSc2nccn2C)nc1. The van der Waals surface area contributed by atoms with Crippen molar-refractivity contribution in [3.63, 3.8) is 0 Å². The van der Waals surface area contributed by atoms with E-state index in [1.807, 2.05) is 48.7 Å². The van der Waals surface area contributed by atoms with Gasteiger partial charge in [-0.3, -0.25) is 4.98 Å². The highest BCUT2D eigenvalue weighted by Crippen LogP contribution is 2.18. The van der Waals surface area contributed by atoms with Crippen LogP contribution in [0.5, 0.6) is 0 Å². The van der Waals surface area contributed by atoms with Crippen LogP contribution >= 0.6 is 11.8 Å². The summed E-state index contributed by atoms with van der Waals surface area (Å²) in [4.78, 5) is 13.3. The molecule has 0 aromatic carbocycles. The van der Waals surface area contributed by atoms with Crippen LogP contribution in [0.4, 0.5) is 0 Å². The molecule has 0 spiro atoms. The Balaban J connectivity index is 1.67. The summed E-state index contributed by atoms with van der Waals surface area (Å²) in [6.07, 6.45) is 10.5. The Labute approximate surface area is 134 Å². The first-order valence-electron chi connectivity index (χ1n) is 7.34. The quantitative estimate of drug-likeness (QED) is 0.656. The van der Waals surface area contributed by atoms with E-state index in [1.165, 1.54) is 5.56 Å². The molecule has 3 aromatic rings. The van der Waals surface area contributed by atoms with Crippen LogP contribution in [0.2, 0.25) is 0 Å². The Kier molecular flexibility index (Phi) is 4.58. The van der Waals surface area contributed by atoms with Gasteiger partial charge in [-0.05, 0) is 18.1 Å². The van der Waals surface area contributed by atoms with Gasteiger partial charge in [-0.25, -0.2) is 9.97 Å². The third kappa shape index (κ3) is 3.22. The smallest absolute Gasteiger partial charge is 0.167 e. The average molecular weight is 313 g/mol. The van der Waals surface area contributed by atoms with Crippen molar-refractivity contribution in [2.24, 2.45) is 7.05 Å². The first kappa shape index (κ1) is 14.8. The lowest BCUT2D eigenvalue weighted by atomic mass is 10.2. The van der Waals surface area contributed by atoms with Crippen molar-refractivity contribution in [1.82, 2.24) is 24.1 Å². The first-order chi connectivity index (χ1) is 10.8. The molecule has 3 rings (SSSR count). The van der Waals surface area contributed by atoms with Gasteiger partial charge < -0.3 is 9.13 Å². The van der Waals surface area contributed by atoms with Crippen LogP contribution in [-0.4, -0.2) is 29.8 Å². The molecule has 0 unspecified atom stereocenters. The molecule has 0 aliphatic rings. The molecule has 0 fully saturated rings. The molecule has 5 nitrogen and oxygen atoms in total. The van der Waals surface area contributed by atoms with E-state index in [0.29, 0.717) is 0 Å². The van der Waals surface area contributed by atoms with Gasteiger partial charge in [-0.15, -0.1) is 0 Å². The maximum atomic E-state index is 4.52. The minimum absolute atomic E-state index is 0.879. The van der Waals surface area contributed by atoms with Crippen molar-refractivity contribution in [3.05, 3.63) is 48.7 Å². The normalized spacial score (nSPS) is 11.0. The molecule has 0 aliphatic carbocycles. The molecule has 3 heterocycles. The third-order valence-electron chi connectivity index (χ3n) is 3.52. The topological polar surface area (TPSA) is 48.5 Å². The molecule has 22 heavy (non-hydrogen) atoms. The van der Waals surface area contributed by atoms with Gasteiger partial charge in [0.1, 0.15) is 5.69 Å². The molecule has 0 saturated carbocycles. The van der Waals surface area contributed by atoms with Crippen LogP contribution in [0.25, 0.3) is 11.5 Å². The summed E-state index contributed by atoms with van der Waals surface area (Å²) >= 11 is 1.74. The second-order valence-electron chi connectivity index (χ2n) is 5.02. The number of hydrogen-bond acceptors (Lipinski definition) is 4. The van der Waals surface area contributed by atoms with Crippen molar-refractivity contribution in [2.75, 3.05) is 5.75 Å². The summed E-state index contributed by atoms with van der Waals surface area (Å²) < 4.78 is 4.18. The number of aromatic nitrogens is 5. The molecule has 0 N–H and O–H groups in total. The molecular formula is C16H19N5S. The van der Waals surface area contributed by atoms with Crippen molar-refractivity contribution in [1.29, 1.82) is 0 Å². The highest BCUT2D eigenvalue weighted by molar-refractivity contribution is 7.99. The Morgan fingerprint density at radius 1 is 1.09 bits per heavy atom. The summed E-state index contributed by atoms with van der Waals surface area (Å²) in [6.45, 7) is 3.01. The second-order valence-corrected chi connectivity index (χ2v) is 6.08. The number of imidazole rings is 2. The van der Waals surface area contributed by atoms with Gasteiger partial charge >= 0.3 is 0 Å². The molecule has 0 saturated heterocycles. The van der Waals surface area contributed by atoms with Crippen molar-refractivity contribution >= 4 is 11.8 Å². The number of aryl methyl sites for hydroxylation is 3. The largest absolute Gasteiger partial charge is 0.329 e. The predicted octanol–water partition coefficient (Wildman–Crippen LogP) is 3.03. The van der Waals surface area contributed by atoms with Gasteiger partial charge in [0.2, 0.25) is 0 Å². The van der Waals surface area contributed by atoms with Gasteiger partial charge in [0, 0.05) is 50.3 Å². The van der Waals surface area contributed by atoms with E-state index >= 15 is 0 Å². The number of rotatable bonds is 6. The van der Waals surface area contributed by atoms with Gasteiger partial charge in [0.15, 0.2) is 11.0 Å². The lowest BCUT2D eigenvalue weighted by molar-refractivity contribution is 0.762. The second kappa shape index (κ2) is 6.79. The van der Waals surface area contributed by atoms with E-state index in [9.17, 15) is 0 Å². The van der Waals surface area contributed by atoms with Crippen LogP contribution in [0.15, 0.2) is 48.3 Å². The standard InChI is InChI=1S/C16H19N5S/c1-3-13-4-5-14(19-12-13)15-17-7-9-21(15)10-11-22-16-18-6-8-20(16)2/h4-9,12H,3,10-11H2,1-2H3. The molecule has 0 radical (unpaired) electrons. The first-order valence-corrected chi connectivity index (χ1v) is 8.33. The fraction of sp³-hybridized carbons (Fsp3) is 0.312. The maximum Gasteiger partial charge on any atom is 0.167 e. The van der Waals surface area contributed by atoms with Crippen LogP contribution in [-0.2, 0) is 20.0 Å². The predicted molar refractivity (Wildman–Crippen MR) is 88.8 cm³/mol. The van der Waals surface area contributed by atoms with Gasteiger partial charge in [-0.2, -0.15) is 0 Å². The Morgan fingerprint density at radius 2 is 1.95 bits per heavy atom. The van der Waals surface area contributed by atoms with E-state index in [4.69, 9.17) is 0 Å². The van der Waals surface area contributed by atoms with Crippen LogP contribution in [0, 0.1) is 0 Å². The number of hydrogen-bond donors (Lipinski definition) is 0. The molecule has 3 aromatic heterocycles. The third-order valence-corrected chi connectivity index (χ3v) is 4.56. The summed E-state index contributed by atoms with van der Waals surface area (Å²) in [5, 5.41) is 1.03. The molecule has 0 bridgehead atoms. The summed E-state index contributed by atoms with van der Waals surface area (Å²) in [7, 11) is 2.01. The van der Waals surface area contributed by atoms with Crippen LogP contribution in [0.3, 0.4) is 0 Å². The average Bonchev–Trinajstić information content (AvgIpc) is 3.17. The summed E-state index contributed by atoms with van der Waals surface area (Å²) in [5.74, 6) is 1.87. The monoisotopic (exact) mass is 313 g/mol. The van der Waals surface area contributed by atoms with Gasteiger partial charge in [-0.1, -0.05) is 24.8 Å². The molecule has 0 aliphatic heterocycles. The van der Waals surface area contributed by atoms with E-state index in [-0.39, 0.29) is 0 Å². The van der Waals surface area contributed by atoms with Crippen molar-refractivity contribution in [2.45, 2.75) is 25.0 Å². The fourth-order valence-electron chi connectivity index (χ4n) is 2.22. The number of thioether (sulfide) groups is 1. The van der Waals surface area contributed by atoms with E-state index in [1.54, 1.807) is 11.8 Å². The molecule has 114 valence electrons. The van der Waals surface area contributed by atoms with Crippen LogP contribution < -0.4 is 0 Å². The number of nitrogens with zero attached hydrogens (tertiary/aromatic N) is 5. The summed E-state index contributed by atoms with van der Waals surface area (Å²) in [5.41, 5.74) is 2.16. The molecule has 6 heteroatoms. The zero-order valence-electron chi connectivity index (χ0n) is 12.8. The minimum atomic E-state index is 0.879. The van der Waals surface area contributed by atoms with Gasteiger partial charge in [0.25, 0.3) is 0 Å². The zero-order valence-corrected chi connectivity index (χ0v) is 13.6. The Bertz CT molecular complexity index is 729. The lowest BCUT2D eigenvalue weighted by Gasteiger charge is -2.07. The van der Waals surface area contributed by atoms with E-state index in [0.717, 1.165) is 35.4 Å². The summed E-state index contributed by atoms with van der Waals surface area (Å²) in [6, 6.07) is 4.16. The molecule has 0 amide bonds. The highest BCUT2D eigenvalue weighted by atomic mass is 32.2. The molecular weight excluding hydrogens is 294 g/mol. The zero-order chi connectivity index (χ0) is 15.4. The van der Waals surface area contributed by atoms with Crippen molar-refractivity contribution < 1.29 is 0 Å². The fourth-order valence-corrected chi connectivity index (χ4v) is 3.09. The Hall–Kier alpha value is -2.08. The van der Waals surface area contributed by atoms with Crippen LogP contribution in [0.1, 0.15) is 12.5 Å². The minimum Gasteiger partial charge on any atom is -0.329 e. The van der Waals surface area contributed by atoms with Gasteiger partial charge in [0.05, 0.1) is 0 Å². The number of pyridine rings is 1. The van der Waals surface area contributed by atoms with Crippen molar-refractivity contribution in [3.8, 4) is 11.5 Å². The highest BCUT2D eigenvalue weighted by Gasteiger charge is 2.08. The molecule has 0 atom stereocenters.